The van der Waals surface area contributed by atoms with E-state index in [1.54, 1.807) is 0 Å². The number of methoxy groups -OCH3 is 1. The van der Waals surface area contributed by atoms with Gasteiger partial charge in [0, 0.05) is 0 Å². The zero-order valence-electron chi connectivity index (χ0n) is 8.90. The van der Waals surface area contributed by atoms with E-state index in [0.29, 0.717) is 0 Å². The number of carbonyl (C=O) groups is 3. The minimum absolute atomic E-state index is 0.154. The number of aldehydes is 1. The van der Waals surface area contributed by atoms with Crippen molar-refractivity contribution in [3.63, 3.8) is 0 Å². The molecular formula is C10H9FO6. The molecule has 7 heteroatoms. The number of carbonyl (C=O) groups excluding carboxylic acids is 3. The fraction of sp³-hybridized carbons (Fsp3) is 0.300. The van der Waals surface area contributed by atoms with Crippen LogP contribution in [0.2, 0.25) is 0 Å². The maximum Gasteiger partial charge on any atom is 0.314 e. The van der Waals surface area contributed by atoms with Crippen molar-refractivity contribution in [2.24, 2.45) is 0 Å². The molecule has 1 rings (SSSR count). The molecule has 0 N–H and O–H groups in total. The summed E-state index contributed by atoms with van der Waals surface area (Å²) in [6.07, 6.45) is -0.231. The zero-order valence-corrected chi connectivity index (χ0v) is 8.90. The van der Waals surface area contributed by atoms with E-state index in [1.165, 1.54) is 7.11 Å². The average molecular weight is 244 g/mol. The van der Waals surface area contributed by atoms with E-state index in [1.807, 2.05) is 0 Å². The van der Waals surface area contributed by atoms with Crippen molar-refractivity contribution in [3.8, 4) is 5.95 Å². The second-order valence-electron chi connectivity index (χ2n) is 2.95. The van der Waals surface area contributed by atoms with Gasteiger partial charge in [0.25, 0.3) is 5.95 Å². The summed E-state index contributed by atoms with van der Waals surface area (Å²) in [4.78, 5) is 32.1. The Hall–Kier alpha value is -2.18. The summed E-state index contributed by atoms with van der Waals surface area (Å²) in [5, 5.41) is 0. The van der Waals surface area contributed by atoms with Gasteiger partial charge in [-0.1, -0.05) is 0 Å². The van der Waals surface area contributed by atoms with E-state index in [2.05, 4.69) is 13.9 Å². The largest absolute Gasteiger partial charge is 0.469 e. The SMILES string of the molecule is COC(=O)CCC(=O)Oc1cc(F)c(C=O)o1. The fourth-order valence-corrected chi connectivity index (χ4v) is 0.961. The lowest BCUT2D eigenvalue weighted by molar-refractivity contribution is -0.145. The molecule has 0 saturated heterocycles. The number of rotatable bonds is 5. The minimum Gasteiger partial charge on any atom is -0.469 e. The molecule has 0 spiro atoms. The smallest absolute Gasteiger partial charge is 0.314 e. The molecule has 1 aromatic heterocycles. The molecule has 1 heterocycles. The van der Waals surface area contributed by atoms with Gasteiger partial charge in [0.2, 0.25) is 5.76 Å². The predicted molar refractivity (Wildman–Crippen MR) is 50.9 cm³/mol. The first kappa shape index (κ1) is 12.9. The van der Waals surface area contributed by atoms with Gasteiger partial charge in [0.1, 0.15) is 0 Å². The van der Waals surface area contributed by atoms with Crippen molar-refractivity contribution < 1.29 is 32.7 Å². The van der Waals surface area contributed by atoms with E-state index in [9.17, 15) is 18.8 Å². The van der Waals surface area contributed by atoms with Crippen LogP contribution in [0, 0.1) is 5.82 Å². The van der Waals surface area contributed by atoms with Crippen LogP contribution in [0.15, 0.2) is 10.5 Å². The topological polar surface area (TPSA) is 82.8 Å². The lowest BCUT2D eigenvalue weighted by Crippen LogP contribution is -2.10. The van der Waals surface area contributed by atoms with Crippen LogP contribution in [0.1, 0.15) is 23.4 Å². The van der Waals surface area contributed by atoms with Crippen LogP contribution < -0.4 is 4.74 Å². The van der Waals surface area contributed by atoms with Crippen LogP contribution in [0.25, 0.3) is 0 Å². The first-order valence-electron chi connectivity index (χ1n) is 4.58. The Morgan fingerprint density at radius 2 is 2.06 bits per heavy atom. The van der Waals surface area contributed by atoms with Crippen LogP contribution in [-0.4, -0.2) is 25.3 Å². The molecule has 0 amide bonds. The Kier molecular flexibility index (Phi) is 4.38. The summed E-state index contributed by atoms with van der Waals surface area (Å²) < 4.78 is 26.3. The molecule has 6 nitrogen and oxygen atoms in total. The molecule has 0 atom stereocenters. The molecule has 0 aliphatic rings. The maximum atomic E-state index is 12.8. The Labute approximate surface area is 95.3 Å². The van der Waals surface area contributed by atoms with E-state index in [4.69, 9.17) is 0 Å². The first-order chi connectivity index (χ1) is 8.06. The molecule has 0 unspecified atom stereocenters. The number of furan rings is 1. The van der Waals surface area contributed by atoms with Crippen molar-refractivity contribution in [2.45, 2.75) is 12.8 Å². The fourth-order valence-electron chi connectivity index (χ4n) is 0.961. The van der Waals surface area contributed by atoms with Crippen LogP contribution in [-0.2, 0) is 14.3 Å². The van der Waals surface area contributed by atoms with Crippen LogP contribution >= 0.6 is 0 Å². The second kappa shape index (κ2) is 5.78. The first-order valence-corrected chi connectivity index (χ1v) is 4.58. The van der Waals surface area contributed by atoms with Crippen LogP contribution in [0.3, 0.4) is 0 Å². The molecule has 0 saturated carbocycles. The number of hydrogen-bond donors (Lipinski definition) is 0. The minimum atomic E-state index is -0.921. The summed E-state index contributed by atoms with van der Waals surface area (Å²) in [6.45, 7) is 0. The third kappa shape index (κ3) is 3.71. The third-order valence-electron chi connectivity index (χ3n) is 1.77. The molecule has 0 aliphatic heterocycles. The highest BCUT2D eigenvalue weighted by atomic mass is 19.1. The van der Waals surface area contributed by atoms with E-state index >= 15 is 0 Å². The Balaban J connectivity index is 2.50. The highest BCUT2D eigenvalue weighted by molar-refractivity contribution is 5.79. The summed E-state index contributed by atoms with van der Waals surface area (Å²) in [5.41, 5.74) is 0. The number of ether oxygens (including phenoxy) is 2. The summed E-state index contributed by atoms with van der Waals surface area (Å²) in [5.74, 6) is -3.27. The highest BCUT2D eigenvalue weighted by Crippen LogP contribution is 2.19. The lowest BCUT2D eigenvalue weighted by Gasteiger charge is -1.99. The second-order valence-corrected chi connectivity index (χ2v) is 2.95. The normalized spacial score (nSPS) is 9.76. The molecule has 0 bridgehead atoms. The van der Waals surface area contributed by atoms with Crippen molar-refractivity contribution >= 4 is 18.2 Å². The molecule has 92 valence electrons. The Morgan fingerprint density at radius 3 is 2.59 bits per heavy atom. The lowest BCUT2D eigenvalue weighted by atomic mass is 10.3. The number of hydrogen-bond acceptors (Lipinski definition) is 6. The van der Waals surface area contributed by atoms with Gasteiger partial charge in [-0.3, -0.25) is 14.4 Å². The van der Waals surface area contributed by atoms with Gasteiger partial charge in [0.05, 0.1) is 26.0 Å². The summed E-state index contributed by atoms with van der Waals surface area (Å²) in [6, 6.07) is 0.764. The summed E-state index contributed by atoms with van der Waals surface area (Å²) >= 11 is 0. The van der Waals surface area contributed by atoms with Gasteiger partial charge in [-0.05, 0) is 0 Å². The van der Waals surface area contributed by atoms with Gasteiger partial charge in [-0.25, -0.2) is 4.39 Å². The summed E-state index contributed by atoms with van der Waals surface area (Å²) in [7, 11) is 1.19. The van der Waals surface area contributed by atoms with Crippen LogP contribution in [0.5, 0.6) is 5.95 Å². The van der Waals surface area contributed by atoms with Gasteiger partial charge in [0.15, 0.2) is 12.1 Å². The van der Waals surface area contributed by atoms with Crippen molar-refractivity contribution in [2.75, 3.05) is 7.11 Å². The maximum absolute atomic E-state index is 12.8. The molecule has 0 aromatic carbocycles. The van der Waals surface area contributed by atoms with Crippen molar-refractivity contribution in [1.82, 2.24) is 0 Å². The monoisotopic (exact) mass is 244 g/mol. The van der Waals surface area contributed by atoms with E-state index in [0.717, 1.165) is 6.07 Å². The van der Waals surface area contributed by atoms with E-state index < -0.39 is 29.5 Å². The Bertz CT molecular complexity index is 436. The highest BCUT2D eigenvalue weighted by Gasteiger charge is 2.15. The quantitative estimate of drug-likeness (QED) is 0.569. The van der Waals surface area contributed by atoms with Crippen molar-refractivity contribution in [3.05, 3.63) is 17.6 Å². The standard InChI is InChI=1S/C10H9FO6/c1-15-8(13)2-3-9(14)17-10-4-6(11)7(5-12)16-10/h4-5H,2-3H2,1H3. The zero-order chi connectivity index (χ0) is 12.8. The predicted octanol–water partition coefficient (Wildman–Crippen LogP) is 1.09. The molecule has 0 radical (unpaired) electrons. The van der Waals surface area contributed by atoms with Gasteiger partial charge in [-0.15, -0.1) is 0 Å². The van der Waals surface area contributed by atoms with E-state index in [-0.39, 0.29) is 19.1 Å². The molecule has 1 aromatic rings. The molecular weight excluding hydrogens is 235 g/mol. The third-order valence-corrected chi connectivity index (χ3v) is 1.77. The molecule has 0 fully saturated rings. The molecule has 0 aliphatic carbocycles. The van der Waals surface area contributed by atoms with Crippen LogP contribution in [0.4, 0.5) is 4.39 Å². The number of halogens is 1. The van der Waals surface area contributed by atoms with Gasteiger partial charge in [-0.2, -0.15) is 0 Å². The Morgan fingerprint density at radius 1 is 1.41 bits per heavy atom. The average Bonchev–Trinajstić information content (AvgIpc) is 2.66. The van der Waals surface area contributed by atoms with Gasteiger partial charge >= 0.3 is 11.9 Å². The van der Waals surface area contributed by atoms with Gasteiger partial charge < -0.3 is 13.9 Å². The number of esters is 2. The van der Waals surface area contributed by atoms with Crippen molar-refractivity contribution in [1.29, 1.82) is 0 Å². The molecule has 17 heavy (non-hydrogen) atoms.